The van der Waals surface area contributed by atoms with Crippen molar-refractivity contribution in [2.45, 2.75) is 44.6 Å². The highest BCUT2D eigenvalue weighted by molar-refractivity contribution is 6.04. The van der Waals surface area contributed by atoms with Gasteiger partial charge in [0.2, 0.25) is 11.8 Å². The van der Waals surface area contributed by atoms with Gasteiger partial charge in [-0.15, -0.1) is 0 Å². The molecule has 8 heteroatoms. The van der Waals surface area contributed by atoms with E-state index in [1.165, 1.54) is 30.4 Å². The number of benzene rings is 1. The summed E-state index contributed by atoms with van der Waals surface area (Å²) in [5, 5.41) is 21.1. The van der Waals surface area contributed by atoms with E-state index in [0.717, 1.165) is 64.7 Å². The number of hydrogen-bond donors (Lipinski definition) is 2. The molecule has 2 N–H and O–H groups in total. The van der Waals surface area contributed by atoms with Crippen LogP contribution in [0.3, 0.4) is 0 Å². The predicted octanol–water partition coefficient (Wildman–Crippen LogP) is 3.93. The fourth-order valence-electron chi connectivity index (χ4n) is 5.30. The van der Waals surface area contributed by atoms with Gasteiger partial charge >= 0.3 is 0 Å². The van der Waals surface area contributed by atoms with Crippen molar-refractivity contribution in [2.75, 3.05) is 26.2 Å². The first kappa shape index (κ1) is 24.9. The molecule has 4 aliphatic rings. The van der Waals surface area contributed by atoms with Gasteiger partial charge in [0.25, 0.3) is 0 Å². The van der Waals surface area contributed by atoms with Crippen LogP contribution in [0, 0.1) is 5.92 Å². The number of aliphatic hydroxyl groups is 1. The summed E-state index contributed by atoms with van der Waals surface area (Å²) < 4.78 is 6.10. The number of carbonyl (C=O) groups excluding carboxylic acids is 3. The van der Waals surface area contributed by atoms with Crippen molar-refractivity contribution in [3.8, 4) is 11.5 Å². The first-order chi connectivity index (χ1) is 17.9. The zero-order chi connectivity index (χ0) is 25.9. The number of aliphatic hydroxyl groups excluding tert-OH is 1. The summed E-state index contributed by atoms with van der Waals surface area (Å²) in [4.78, 5) is 41.7. The van der Waals surface area contributed by atoms with E-state index in [9.17, 15) is 24.6 Å². The maximum Gasteiger partial charge on any atom is 0.246 e. The molecule has 2 atom stereocenters. The number of phenols is 1. The number of hydrogen-bond acceptors (Lipinski definition) is 6. The molecule has 0 saturated carbocycles. The Morgan fingerprint density at radius 1 is 0.838 bits per heavy atom. The number of ketones is 1. The average Bonchev–Trinajstić information content (AvgIpc) is 2.92. The van der Waals surface area contributed by atoms with Gasteiger partial charge in [-0.3, -0.25) is 14.4 Å². The summed E-state index contributed by atoms with van der Waals surface area (Å²) in [6, 6.07) is 2.90. The van der Waals surface area contributed by atoms with E-state index in [-0.39, 0.29) is 34.7 Å². The molecule has 2 fully saturated rings. The molecular formula is C29H32N2O6. The second kappa shape index (κ2) is 10.7. The van der Waals surface area contributed by atoms with Crippen molar-refractivity contribution in [1.29, 1.82) is 0 Å². The average molecular weight is 505 g/mol. The number of ether oxygens (including phenoxy) is 1. The maximum atomic E-state index is 13.2. The van der Waals surface area contributed by atoms with Crippen LogP contribution < -0.4 is 4.74 Å². The zero-order valence-electron chi connectivity index (χ0n) is 20.8. The van der Waals surface area contributed by atoms with E-state index in [0.29, 0.717) is 16.9 Å². The van der Waals surface area contributed by atoms with E-state index < -0.39 is 12.0 Å². The highest BCUT2D eigenvalue weighted by Gasteiger charge is 2.38. The second-order valence-electron chi connectivity index (χ2n) is 9.99. The molecule has 1 aliphatic carbocycles. The van der Waals surface area contributed by atoms with Crippen molar-refractivity contribution in [3.05, 3.63) is 65.0 Å². The number of likely N-dealkylation sites (tertiary alicyclic amines) is 2. The summed E-state index contributed by atoms with van der Waals surface area (Å²) >= 11 is 0. The fraction of sp³-hybridized carbons (Fsp3) is 0.414. The van der Waals surface area contributed by atoms with Crippen LogP contribution in [0.5, 0.6) is 11.5 Å². The molecule has 5 rings (SSSR count). The van der Waals surface area contributed by atoms with Crippen LogP contribution in [0.1, 0.15) is 54.4 Å². The molecule has 0 spiro atoms. The molecule has 0 bridgehead atoms. The molecule has 37 heavy (non-hydrogen) atoms. The number of fused-ring (bicyclic) bond motifs is 2. The summed E-state index contributed by atoms with van der Waals surface area (Å²) in [6.07, 6.45) is 14.6. The molecule has 194 valence electrons. The molecule has 3 heterocycles. The molecule has 1 aromatic carbocycles. The molecule has 2 saturated heterocycles. The minimum Gasteiger partial charge on any atom is -0.508 e. The SMILES string of the molecule is O=C1c2cc(O)c(/C=C/C(=O)N3CCCCC3)cc2OC2C=C(/C=C/C(=O)N3CCCCC3)C(O)=CC12. The molecule has 2 unspecified atom stereocenters. The number of carbonyl (C=O) groups is 3. The Morgan fingerprint density at radius 3 is 2.05 bits per heavy atom. The van der Waals surface area contributed by atoms with Crippen LogP contribution in [0.15, 0.2) is 53.8 Å². The minimum absolute atomic E-state index is 0.0932. The number of amides is 2. The molecule has 0 aromatic heterocycles. The lowest BCUT2D eigenvalue weighted by atomic mass is 9.83. The lowest BCUT2D eigenvalue weighted by molar-refractivity contribution is -0.127. The van der Waals surface area contributed by atoms with E-state index in [1.54, 1.807) is 28.0 Å². The largest absolute Gasteiger partial charge is 0.508 e. The Morgan fingerprint density at radius 2 is 1.43 bits per heavy atom. The number of Topliss-reactive ketones (excluding diaryl/α,β-unsaturated/α-hetero) is 1. The van der Waals surface area contributed by atoms with E-state index >= 15 is 0 Å². The lowest BCUT2D eigenvalue weighted by Crippen LogP contribution is -2.37. The lowest BCUT2D eigenvalue weighted by Gasteiger charge is -2.32. The van der Waals surface area contributed by atoms with Gasteiger partial charge in [-0.25, -0.2) is 0 Å². The van der Waals surface area contributed by atoms with Crippen LogP contribution >= 0.6 is 0 Å². The van der Waals surface area contributed by atoms with Crippen LogP contribution in [0.25, 0.3) is 6.08 Å². The third-order valence-electron chi connectivity index (χ3n) is 7.44. The quantitative estimate of drug-likeness (QED) is 0.602. The highest BCUT2D eigenvalue weighted by Crippen LogP contribution is 2.39. The normalized spacial score (nSPS) is 23.8. The van der Waals surface area contributed by atoms with Crippen LogP contribution in [0.2, 0.25) is 0 Å². The first-order valence-electron chi connectivity index (χ1n) is 13.1. The Labute approximate surface area is 216 Å². The van der Waals surface area contributed by atoms with Gasteiger partial charge in [0.15, 0.2) is 5.78 Å². The summed E-state index contributed by atoms with van der Waals surface area (Å²) in [7, 11) is 0. The van der Waals surface area contributed by atoms with Crippen LogP contribution in [-0.2, 0) is 9.59 Å². The third-order valence-corrected chi connectivity index (χ3v) is 7.44. The van der Waals surface area contributed by atoms with Crippen molar-refractivity contribution < 1.29 is 29.3 Å². The van der Waals surface area contributed by atoms with Crippen molar-refractivity contribution in [2.24, 2.45) is 5.92 Å². The van der Waals surface area contributed by atoms with Gasteiger partial charge in [-0.2, -0.15) is 0 Å². The topological polar surface area (TPSA) is 107 Å². The number of nitrogens with zero attached hydrogens (tertiary/aromatic N) is 2. The Balaban J connectivity index is 1.34. The van der Waals surface area contributed by atoms with Gasteiger partial charge in [0.05, 0.1) is 11.5 Å². The summed E-state index contributed by atoms with van der Waals surface area (Å²) in [5.41, 5.74) is 1.00. The smallest absolute Gasteiger partial charge is 0.246 e. The number of phenolic OH excluding ortho intramolecular Hbond substituents is 1. The second-order valence-corrected chi connectivity index (χ2v) is 9.99. The predicted molar refractivity (Wildman–Crippen MR) is 138 cm³/mol. The molecule has 3 aliphatic heterocycles. The third kappa shape index (κ3) is 5.33. The van der Waals surface area contributed by atoms with Crippen molar-refractivity contribution in [3.63, 3.8) is 0 Å². The number of aromatic hydroxyl groups is 1. The monoisotopic (exact) mass is 504 g/mol. The highest BCUT2D eigenvalue weighted by atomic mass is 16.5. The van der Waals surface area contributed by atoms with E-state index in [2.05, 4.69) is 0 Å². The van der Waals surface area contributed by atoms with Gasteiger partial charge < -0.3 is 24.7 Å². The summed E-state index contributed by atoms with van der Waals surface area (Å²) in [6.45, 7) is 2.92. The minimum atomic E-state index is -0.746. The molecule has 0 radical (unpaired) electrons. The van der Waals surface area contributed by atoms with E-state index in [1.807, 2.05) is 0 Å². The standard InChI is InChI=1S/C29H32N2O6/c32-23-17-21-25(15-19(23)7-9-27(34)30-11-3-1-4-12-30)37-26-16-20(24(33)18-22(26)29(21)36)8-10-28(35)31-13-5-2-6-14-31/h7-10,15-18,21,25,32-33H,1-6,11-14H2/b9-7+,10-8+. The van der Waals surface area contributed by atoms with Gasteiger partial charge in [-0.05, 0) is 75.0 Å². The van der Waals surface area contributed by atoms with Gasteiger partial charge in [0, 0.05) is 49.5 Å². The number of piperidine rings is 2. The summed E-state index contributed by atoms with van der Waals surface area (Å²) in [5.74, 6) is -1.16. The Bertz CT molecular complexity index is 1210. The first-order valence-corrected chi connectivity index (χ1v) is 13.1. The van der Waals surface area contributed by atoms with Gasteiger partial charge in [-0.1, -0.05) is 0 Å². The number of allylic oxidation sites excluding steroid dienone is 1. The molecule has 8 nitrogen and oxygen atoms in total. The van der Waals surface area contributed by atoms with Gasteiger partial charge in [0.1, 0.15) is 23.4 Å². The fourth-order valence-corrected chi connectivity index (χ4v) is 5.30. The van der Waals surface area contributed by atoms with Crippen molar-refractivity contribution >= 4 is 23.7 Å². The number of rotatable bonds is 4. The zero-order valence-corrected chi connectivity index (χ0v) is 20.8. The van der Waals surface area contributed by atoms with Crippen LogP contribution in [-0.4, -0.2) is 69.9 Å². The Hall–Kier alpha value is -3.81. The van der Waals surface area contributed by atoms with Crippen molar-refractivity contribution in [1.82, 2.24) is 9.80 Å². The molecular weight excluding hydrogens is 472 g/mol. The Kier molecular flexibility index (Phi) is 7.17. The van der Waals surface area contributed by atoms with Crippen LogP contribution in [0.4, 0.5) is 0 Å². The van der Waals surface area contributed by atoms with E-state index in [4.69, 9.17) is 4.74 Å². The maximum absolute atomic E-state index is 13.2. The molecule has 2 amide bonds. The molecule has 1 aromatic rings.